The molecule has 1 saturated heterocycles. The van der Waals surface area contributed by atoms with Crippen LogP contribution in [-0.4, -0.2) is 32.5 Å². The van der Waals surface area contributed by atoms with Crippen LogP contribution >= 0.6 is 39.0 Å². The predicted octanol–water partition coefficient (Wildman–Crippen LogP) is 2.79. The summed E-state index contributed by atoms with van der Waals surface area (Å²) in [6.45, 7) is 1.30. The zero-order valence-corrected chi connectivity index (χ0v) is 15.6. The Morgan fingerprint density at radius 1 is 1.33 bits per heavy atom. The van der Waals surface area contributed by atoms with Gasteiger partial charge in [-0.3, -0.25) is 0 Å². The fourth-order valence-corrected chi connectivity index (χ4v) is 7.28. The highest BCUT2D eigenvalue weighted by Gasteiger charge is 2.25. The molecule has 118 valence electrons. The lowest BCUT2D eigenvalue weighted by atomic mass is 10.1. The highest BCUT2D eigenvalue weighted by atomic mass is 79.9. The van der Waals surface area contributed by atoms with Crippen molar-refractivity contribution in [3.8, 4) is 0 Å². The van der Waals surface area contributed by atoms with Crippen LogP contribution in [0.2, 0.25) is 0 Å². The molecule has 0 spiro atoms. The largest absolute Gasteiger partial charge is 0.309 e. The summed E-state index contributed by atoms with van der Waals surface area (Å²) in [6, 6.07) is 2.42. The second kappa shape index (κ2) is 6.88. The lowest BCUT2D eigenvalue weighted by Crippen LogP contribution is -2.29. The van der Waals surface area contributed by atoms with Crippen molar-refractivity contribution >= 4 is 49.1 Å². The summed E-state index contributed by atoms with van der Waals surface area (Å²) in [6.07, 6.45) is 3.58. The first-order valence-electron chi connectivity index (χ1n) is 7.13. The number of sulfonamides is 1. The van der Waals surface area contributed by atoms with E-state index in [-0.39, 0.29) is 0 Å². The number of nitrogens with one attached hydrogen (secondary N) is 2. The van der Waals surface area contributed by atoms with E-state index in [0.717, 1.165) is 29.3 Å². The van der Waals surface area contributed by atoms with Gasteiger partial charge in [0, 0.05) is 24.0 Å². The van der Waals surface area contributed by atoms with E-state index < -0.39 is 10.0 Å². The minimum atomic E-state index is -3.40. The van der Waals surface area contributed by atoms with Crippen LogP contribution in [0, 0.1) is 5.92 Å². The van der Waals surface area contributed by atoms with E-state index in [4.69, 9.17) is 0 Å². The normalized spacial score (nSPS) is 22.8. The van der Waals surface area contributed by atoms with E-state index in [2.05, 4.69) is 26.0 Å². The Labute approximate surface area is 142 Å². The molecule has 1 aromatic heterocycles. The third kappa shape index (κ3) is 4.45. The molecule has 2 heterocycles. The van der Waals surface area contributed by atoms with Crippen molar-refractivity contribution in [2.45, 2.75) is 36.7 Å². The van der Waals surface area contributed by atoms with Crippen molar-refractivity contribution in [3.63, 3.8) is 0 Å². The molecule has 2 fully saturated rings. The zero-order chi connectivity index (χ0) is 14.9. The van der Waals surface area contributed by atoms with Gasteiger partial charge in [0.05, 0.1) is 3.79 Å². The molecule has 1 aliphatic heterocycles. The van der Waals surface area contributed by atoms with E-state index in [1.165, 1.54) is 24.2 Å². The van der Waals surface area contributed by atoms with E-state index in [0.29, 0.717) is 27.2 Å². The topological polar surface area (TPSA) is 58.2 Å². The first-order chi connectivity index (χ1) is 10.0. The van der Waals surface area contributed by atoms with Crippen LogP contribution in [0.1, 0.15) is 24.1 Å². The summed E-state index contributed by atoms with van der Waals surface area (Å²) in [7, 11) is -3.40. The lowest BCUT2D eigenvalue weighted by molar-refractivity contribution is 0.545. The van der Waals surface area contributed by atoms with Gasteiger partial charge in [-0.25, -0.2) is 13.1 Å². The van der Waals surface area contributed by atoms with Gasteiger partial charge in [0.25, 0.3) is 0 Å². The number of thiophene rings is 1. The van der Waals surface area contributed by atoms with Gasteiger partial charge >= 0.3 is 0 Å². The SMILES string of the molecule is O=S(=O)(NCC1CCSC1)c1cc(CNC2CC2)sc1Br. The summed E-state index contributed by atoms with van der Waals surface area (Å²) >= 11 is 6.80. The maximum Gasteiger partial charge on any atom is 0.242 e. The molecule has 4 nitrogen and oxygen atoms in total. The van der Waals surface area contributed by atoms with Crippen LogP contribution in [0.5, 0.6) is 0 Å². The van der Waals surface area contributed by atoms with Gasteiger partial charge in [0.2, 0.25) is 10.0 Å². The molecular formula is C13H19BrN2O2S3. The zero-order valence-electron chi connectivity index (χ0n) is 11.6. The molecule has 21 heavy (non-hydrogen) atoms. The highest BCUT2D eigenvalue weighted by molar-refractivity contribution is 9.11. The average molecular weight is 411 g/mol. The molecule has 1 aromatic rings. The van der Waals surface area contributed by atoms with Crippen LogP contribution in [0.25, 0.3) is 0 Å². The third-order valence-electron chi connectivity index (χ3n) is 3.72. The second-order valence-electron chi connectivity index (χ2n) is 5.59. The summed E-state index contributed by atoms with van der Waals surface area (Å²) in [5.74, 6) is 2.67. The minimum Gasteiger partial charge on any atom is -0.309 e. The Morgan fingerprint density at radius 3 is 2.81 bits per heavy atom. The fraction of sp³-hybridized carbons (Fsp3) is 0.692. The molecule has 1 unspecified atom stereocenters. The molecule has 0 bridgehead atoms. The Kier molecular flexibility index (Phi) is 5.33. The Hall–Kier alpha value is 0.400. The van der Waals surface area contributed by atoms with Crippen molar-refractivity contribution in [2.75, 3.05) is 18.1 Å². The quantitative estimate of drug-likeness (QED) is 0.725. The monoisotopic (exact) mass is 410 g/mol. The van der Waals surface area contributed by atoms with Gasteiger partial charge < -0.3 is 5.32 Å². The number of rotatable bonds is 7. The van der Waals surface area contributed by atoms with E-state index in [9.17, 15) is 8.42 Å². The number of halogens is 1. The molecule has 1 aliphatic carbocycles. The van der Waals surface area contributed by atoms with E-state index >= 15 is 0 Å². The molecule has 3 rings (SSSR count). The molecular weight excluding hydrogens is 392 g/mol. The summed E-state index contributed by atoms with van der Waals surface area (Å²) in [4.78, 5) is 1.44. The van der Waals surface area contributed by atoms with Gasteiger partial charge in [0.15, 0.2) is 0 Å². The Balaban J connectivity index is 1.62. The van der Waals surface area contributed by atoms with Gasteiger partial charge in [-0.1, -0.05) is 0 Å². The third-order valence-corrected chi connectivity index (χ3v) is 8.63. The van der Waals surface area contributed by atoms with E-state index in [1.807, 2.05) is 11.8 Å². The van der Waals surface area contributed by atoms with Gasteiger partial charge in [-0.15, -0.1) is 11.3 Å². The summed E-state index contributed by atoms with van der Waals surface area (Å²) in [5.41, 5.74) is 0. The highest BCUT2D eigenvalue weighted by Crippen LogP contribution is 2.32. The molecule has 2 N–H and O–H groups in total. The molecule has 2 aliphatic rings. The van der Waals surface area contributed by atoms with Gasteiger partial charge in [-0.05, 0) is 58.7 Å². The van der Waals surface area contributed by atoms with Crippen molar-refractivity contribution in [2.24, 2.45) is 5.92 Å². The summed E-state index contributed by atoms with van der Waals surface area (Å²) in [5, 5.41) is 3.41. The Bertz CT molecular complexity index is 593. The Morgan fingerprint density at radius 2 is 2.14 bits per heavy atom. The minimum absolute atomic E-state index is 0.380. The van der Waals surface area contributed by atoms with Crippen LogP contribution in [-0.2, 0) is 16.6 Å². The van der Waals surface area contributed by atoms with Gasteiger partial charge in [-0.2, -0.15) is 11.8 Å². The summed E-state index contributed by atoms with van der Waals surface area (Å²) < 4.78 is 28.3. The number of thioether (sulfide) groups is 1. The van der Waals surface area contributed by atoms with Crippen molar-refractivity contribution < 1.29 is 8.42 Å². The molecule has 1 saturated carbocycles. The standard InChI is InChI=1S/C13H19BrN2O2S3/c14-13-12(5-11(20-13)7-15-10-1-2-10)21(17,18)16-6-9-3-4-19-8-9/h5,9-10,15-16H,1-4,6-8H2. The molecule has 1 atom stereocenters. The second-order valence-corrected chi connectivity index (χ2v) is 10.9. The van der Waals surface area contributed by atoms with Crippen LogP contribution < -0.4 is 10.0 Å². The molecule has 0 amide bonds. The van der Waals surface area contributed by atoms with E-state index in [1.54, 1.807) is 6.07 Å². The average Bonchev–Trinajstić information content (AvgIpc) is 2.97. The van der Waals surface area contributed by atoms with Gasteiger partial charge in [0.1, 0.15) is 4.90 Å². The first-order valence-corrected chi connectivity index (χ1v) is 11.4. The van der Waals surface area contributed by atoms with Crippen molar-refractivity contribution in [1.29, 1.82) is 0 Å². The van der Waals surface area contributed by atoms with Crippen LogP contribution in [0.3, 0.4) is 0 Å². The lowest BCUT2D eigenvalue weighted by Gasteiger charge is -2.10. The van der Waals surface area contributed by atoms with Crippen molar-refractivity contribution in [3.05, 3.63) is 14.7 Å². The number of hydrogen-bond acceptors (Lipinski definition) is 5. The maximum atomic E-state index is 12.4. The van der Waals surface area contributed by atoms with Crippen LogP contribution in [0.15, 0.2) is 14.7 Å². The molecule has 0 aromatic carbocycles. The predicted molar refractivity (Wildman–Crippen MR) is 92.5 cm³/mol. The molecule has 0 radical (unpaired) electrons. The van der Waals surface area contributed by atoms with Crippen LogP contribution in [0.4, 0.5) is 0 Å². The maximum absolute atomic E-state index is 12.4. The fourth-order valence-electron chi connectivity index (χ4n) is 2.25. The first kappa shape index (κ1) is 16.3. The molecule has 8 heteroatoms. The van der Waals surface area contributed by atoms with Crippen molar-refractivity contribution in [1.82, 2.24) is 10.0 Å². The smallest absolute Gasteiger partial charge is 0.242 e. The number of hydrogen-bond donors (Lipinski definition) is 2.